The van der Waals surface area contributed by atoms with Crippen molar-refractivity contribution in [2.45, 2.75) is 12.8 Å². The first-order valence-electron chi connectivity index (χ1n) is 4.33. The first kappa shape index (κ1) is 11.3. The van der Waals surface area contributed by atoms with Crippen LogP contribution in [0, 0.1) is 5.82 Å². The molecule has 0 aliphatic heterocycles. The molecular formula is C10H13ClFNO. The van der Waals surface area contributed by atoms with E-state index >= 15 is 0 Å². The van der Waals surface area contributed by atoms with Gasteiger partial charge in [0.25, 0.3) is 0 Å². The zero-order valence-corrected chi connectivity index (χ0v) is 8.94. The van der Waals surface area contributed by atoms with Crippen molar-refractivity contribution in [3.05, 3.63) is 28.5 Å². The van der Waals surface area contributed by atoms with E-state index in [2.05, 4.69) is 0 Å². The Morgan fingerprint density at radius 2 is 2.21 bits per heavy atom. The second-order valence-corrected chi connectivity index (χ2v) is 3.52. The Kier molecular flexibility index (Phi) is 3.72. The largest absolute Gasteiger partial charge is 0.494 e. The van der Waals surface area contributed by atoms with E-state index in [1.54, 1.807) is 6.07 Å². The summed E-state index contributed by atoms with van der Waals surface area (Å²) in [6.45, 7) is 2.17. The Morgan fingerprint density at radius 1 is 1.57 bits per heavy atom. The highest BCUT2D eigenvalue weighted by molar-refractivity contribution is 6.31. The molecule has 78 valence electrons. The normalized spacial score (nSPS) is 12.6. The van der Waals surface area contributed by atoms with Gasteiger partial charge in [0.15, 0.2) is 11.6 Å². The van der Waals surface area contributed by atoms with Gasteiger partial charge in [-0.15, -0.1) is 0 Å². The van der Waals surface area contributed by atoms with Crippen LogP contribution in [0.25, 0.3) is 0 Å². The van der Waals surface area contributed by atoms with Gasteiger partial charge in [-0.1, -0.05) is 18.5 Å². The Labute approximate surface area is 87.8 Å². The van der Waals surface area contributed by atoms with Gasteiger partial charge in [0.2, 0.25) is 0 Å². The maximum absolute atomic E-state index is 13.7. The number of nitrogens with two attached hydrogens (primary N) is 1. The van der Waals surface area contributed by atoms with Crippen LogP contribution in [-0.2, 0) is 0 Å². The van der Waals surface area contributed by atoms with Crippen LogP contribution < -0.4 is 10.5 Å². The first-order valence-corrected chi connectivity index (χ1v) is 4.71. The highest BCUT2D eigenvalue weighted by atomic mass is 35.5. The molecule has 1 unspecified atom stereocenters. The molecule has 0 radical (unpaired) electrons. The molecule has 0 spiro atoms. The summed E-state index contributed by atoms with van der Waals surface area (Å²) in [5.74, 6) is -0.333. The number of rotatable bonds is 3. The number of halogens is 2. The topological polar surface area (TPSA) is 35.2 Å². The maximum atomic E-state index is 13.7. The minimum absolute atomic E-state index is 0.113. The number of hydrogen-bond acceptors (Lipinski definition) is 2. The molecule has 1 aromatic carbocycles. The molecule has 2 N–H and O–H groups in total. The minimum atomic E-state index is -0.419. The van der Waals surface area contributed by atoms with Gasteiger partial charge in [-0.05, 0) is 24.6 Å². The molecule has 0 aromatic heterocycles. The molecule has 0 heterocycles. The number of methoxy groups -OCH3 is 1. The molecule has 0 saturated heterocycles. The Morgan fingerprint density at radius 3 is 2.71 bits per heavy atom. The van der Waals surface area contributed by atoms with E-state index in [-0.39, 0.29) is 11.7 Å². The van der Waals surface area contributed by atoms with E-state index in [0.717, 1.165) is 0 Å². The number of hydrogen-bond donors (Lipinski definition) is 1. The molecule has 0 aliphatic carbocycles. The van der Waals surface area contributed by atoms with Crippen LogP contribution in [0.4, 0.5) is 4.39 Å². The molecule has 0 aliphatic rings. The lowest BCUT2D eigenvalue weighted by molar-refractivity contribution is 0.383. The maximum Gasteiger partial charge on any atom is 0.170 e. The molecule has 1 rings (SSSR count). The first-order chi connectivity index (χ1) is 6.61. The average molecular weight is 218 g/mol. The SMILES string of the molecule is COc1ccc(Cl)c(C(C)CN)c1F. The summed E-state index contributed by atoms with van der Waals surface area (Å²) in [5, 5.41) is 0.390. The lowest BCUT2D eigenvalue weighted by Crippen LogP contribution is -2.11. The van der Waals surface area contributed by atoms with Crippen LogP contribution in [0.1, 0.15) is 18.4 Å². The molecule has 4 heteroatoms. The molecule has 0 fully saturated rings. The average Bonchev–Trinajstić information content (AvgIpc) is 2.18. The van der Waals surface area contributed by atoms with E-state index in [1.165, 1.54) is 13.2 Å². The fraction of sp³-hybridized carbons (Fsp3) is 0.400. The third-order valence-electron chi connectivity index (χ3n) is 2.16. The molecule has 1 aromatic rings. The molecule has 14 heavy (non-hydrogen) atoms. The monoisotopic (exact) mass is 217 g/mol. The molecule has 0 amide bonds. The zero-order valence-electron chi connectivity index (χ0n) is 8.18. The molecular weight excluding hydrogens is 205 g/mol. The van der Waals surface area contributed by atoms with Crippen molar-refractivity contribution in [2.75, 3.05) is 13.7 Å². The van der Waals surface area contributed by atoms with E-state index in [9.17, 15) is 4.39 Å². The van der Waals surface area contributed by atoms with Crippen molar-refractivity contribution in [3.63, 3.8) is 0 Å². The highest BCUT2D eigenvalue weighted by Crippen LogP contribution is 2.32. The van der Waals surface area contributed by atoms with Gasteiger partial charge in [-0.3, -0.25) is 0 Å². The highest BCUT2D eigenvalue weighted by Gasteiger charge is 2.17. The van der Waals surface area contributed by atoms with E-state index in [4.69, 9.17) is 22.1 Å². The Bertz CT molecular complexity index is 330. The van der Waals surface area contributed by atoms with Gasteiger partial charge in [0, 0.05) is 10.6 Å². The fourth-order valence-electron chi connectivity index (χ4n) is 1.28. The van der Waals surface area contributed by atoms with E-state index < -0.39 is 5.82 Å². The van der Waals surface area contributed by atoms with Crippen molar-refractivity contribution in [3.8, 4) is 5.75 Å². The number of ether oxygens (including phenoxy) is 1. The summed E-state index contributed by atoms with van der Waals surface area (Å²) >= 11 is 5.88. The van der Waals surface area contributed by atoms with Gasteiger partial charge in [-0.2, -0.15) is 0 Å². The van der Waals surface area contributed by atoms with Crippen LogP contribution in [-0.4, -0.2) is 13.7 Å². The predicted octanol–water partition coefficient (Wildman–Crippen LogP) is 2.55. The van der Waals surface area contributed by atoms with Crippen molar-refractivity contribution in [1.82, 2.24) is 0 Å². The Balaban J connectivity index is 3.25. The molecule has 1 atom stereocenters. The number of benzene rings is 1. The quantitative estimate of drug-likeness (QED) is 0.845. The summed E-state index contributed by atoms with van der Waals surface area (Å²) < 4.78 is 18.6. The van der Waals surface area contributed by atoms with E-state index in [0.29, 0.717) is 17.1 Å². The van der Waals surface area contributed by atoms with E-state index in [1.807, 2.05) is 6.92 Å². The van der Waals surface area contributed by atoms with Gasteiger partial charge in [0.05, 0.1) is 7.11 Å². The van der Waals surface area contributed by atoms with Crippen LogP contribution in [0.3, 0.4) is 0 Å². The van der Waals surface area contributed by atoms with Crippen LogP contribution in [0.2, 0.25) is 5.02 Å². The van der Waals surface area contributed by atoms with Gasteiger partial charge < -0.3 is 10.5 Å². The van der Waals surface area contributed by atoms with Crippen molar-refractivity contribution in [1.29, 1.82) is 0 Å². The molecule has 0 bridgehead atoms. The summed E-state index contributed by atoms with van der Waals surface area (Å²) in [5.41, 5.74) is 5.89. The van der Waals surface area contributed by atoms with Crippen molar-refractivity contribution >= 4 is 11.6 Å². The van der Waals surface area contributed by atoms with Crippen LogP contribution >= 0.6 is 11.6 Å². The van der Waals surface area contributed by atoms with Gasteiger partial charge >= 0.3 is 0 Å². The lowest BCUT2D eigenvalue weighted by atomic mass is 10.0. The smallest absolute Gasteiger partial charge is 0.170 e. The van der Waals surface area contributed by atoms with Crippen molar-refractivity contribution < 1.29 is 9.13 Å². The Hall–Kier alpha value is -0.800. The van der Waals surface area contributed by atoms with Crippen LogP contribution in [0.15, 0.2) is 12.1 Å². The second-order valence-electron chi connectivity index (χ2n) is 3.11. The van der Waals surface area contributed by atoms with Crippen molar-refractivity contribution in [2.24, 2.45) is 5.73 Å². The molecule has 0 saturated carbocycles. The fourth-order valence-corrected chi connectivity index (χ4v) is 1.61. The zero-order chi connectivity index (χ0) is 10.7. The third-order valence-corrected chi connectivity index (χ3v) is 2.49. The second kappa shape index (κ2) is 4.62. The van der Waals surface area contributed by atoms with Crippen LogP contribution in [0.5, 0.6) is 5.75 Å². The van der Waals surface area contributed by atoms with Gasteiger partial charge in [-0.25, -0.2) is 4.39 Å². The van der Waals surface area contributed by atoms with Gasteiger partial charge in [0.1, 0.15) is 0 Å². The standard InChI is InChI=1S/C10H13ClFNO/c1-6(5-13)9-7(11)3-4-8(14-2)10(9)12/h3-4,6H,5,13H2,1-2H3. The summed E-state index contributed by atoms with van der Waals surface area (Å²) in [7, 11) is 1.42. The summed E-state index contributed by atoms with van der Waals surface area (Å²) in [6.07, 6.45) is 0. The third kappa shape index (κ3) is 1.99. The predicted molar refractivity (Wildman–Crippen MR) is 55.4 cm³/mol. The summed E-state index contributed by atoms with van der Waals surface area (Å²) in [4.78, 5) is 0. The molecule has 2 nitrogen and oxygen atoms in total. The minimum Gasteiger partial charge on any atom is -0.494 e. The lowest BCUT2D eigenvalue weighted by Gasteiger charge is -2.14. The summed E-state index contributed by atoms with van der Waals surface area (Å²) in [6, 6.07) is 3.12.